The van der Waals surface area contributed by atoms with Gasteiger partial charge in [0.1, 0.15) is 0 Å². The first-order valence-corrected chi connectivity index (χ1v) is 7.60. The lowest BCUT2D eigenvalue weighted by Gasteiger charge is -2.14. The summed E-state index contributed by atoms with van der Waals surface area (Å²) in [6, 6.07) is 6.49. The number of methoxy groups -OCH3 is 1. The van der Waals surface area contributed by atoms with E-state index in [0.717, 1.165) is 18.2 Å². The third kappa shape index (κ3) is 1.92. The van der Waals surface area contributed by atoms with Gasteiger partial charge in [0.05, 0.1) is 17.4 Å². The van der Waals surface area contributed by atoms with Crippen LogP contribution in [0.5, 0.6) is 0 Å². The van der Waals surface area contributed by atoms with Crippen LogP contribution < -0.4 is 0 Å². The van der Waals surface area contributed by atoms with Gasteiger partial charge in [-0.05, 0) is 30.0 Å². The van der Waals surface area contributed by atoms with E-state index in [2.05, 4.69) is 0 Å². The minimum atomic E-state index is -3.20. The van der Waals surface area contributed by atoms with E-state index in [1.54, 1.807) is 24.3 Å². The second-order valence-electron chi connectivity index (χ2n) is 4.86. The van der Waals surface area contributed by atoms with Crippen LogP contribution in [0.3, 0.4) is 0 Å². The van der Waals surface area contributed by atoms with Gasteiger partial charge in [0, 0.05) is 6.26 Å². The third-order valence-electron chi connectivity index (χ3n) is 3.66. The number of hydrogen-bond donors (Lipinski definition) is 0. The fourth-order valence-corrected chi connectivity index (χ4v) is 3.04. The van der Waals surface area contributed by atoms with Gasteiger partial charge in [-0.1, -0.05) is 19.1 Å². The molecule has 0 heterocycles. The first kappa shape index (κ1) is 13.1. The molecule has 2 rings (SSSR count). The molecule has 0 N–H and O–H groups in total. The fourth-order valence-electron chi connectivity index (χ4n) is 2.41. The Bertz CT molecular complexity index is 574. The monoisotopic (exact) mass is 268 g/mol. The smallest absolute Gasteiger partial charge is 0.316 e. The van der Waals surface area contributed by atoms with E-state index in [9.17, 15) is 13.2 Å². The molecule has 1 aromatic carbocycles. The predicted molar refractivity (Wildman–Crippen MR) is 67.0 cm³/mol. The normalized spacial score (nSPS) is 26.7. The Kier molecular flexibility index (Phi) is 2.97. The number of ether oxygens (including phenoxy) is 1. The number of benzene rings is 1. The molecule has 5 heteroatoms. The number of esters is 1. The van der Waals surface area contributed by atoms with Gasteiger partial charge in [-0.15, -0.1) is 0 Å². The van der Waals surface area contributed by atoms with Gasteiger partial charge in [0.25, 0.3) is 0 Å². The van der Waals surface area contributed by atoms with Crippen LogP contribution in [0.4, 0.5) is 0 Å². The molecular weight excluding hydrogens is 252 g/mol. The molecule has 2 atom stereocenters. The largest absolute Gasteiger partial charge is 0.468 e. The summed E-state index contributed by atoms with van der Waals surface area (Å²) in [5.41, 5.74) is 0.249. The van der Waals surface area contributed by atoms with Crippen molar-refractivity contribution in [1.82, 2.24) is 0 Å². The maximum atomic E-state index is 11.8. The van der Waals surface area contributed by atoms with E-state index in [0.29, 0.717) is 0 Å². The van der Waals surface area contributed by atoms with Gasteiger partial charge in [-0.2, -0.15) is 0 Å². The number of carbonyl (C=O) groups excluding carboxylic acids is 1. The van der Waals surface area contributed by atoms with Crippen LogP contribution in [0.2, 0.25) is 0 Å². The van der Waals surface area contributed by atoms with Crippen molar-refractivity contribution in [1.29, 1.82) is 0 Å². The minimum absolute atomic E-state index is 0.231. The molecule has 0 bridgehead atoms. The van der Waals surface area contributed by atoms with Crippen LogP contribution in [0, 0.1) is 5.92 Å². The van der Waals surface area contributed by atoms with Crippen molar-refractivity contribution in [2.24, 2.45) is 5.92 Å². The van der Waals surface area contributed by atoms with Crippen molar-refractivity contribution in [3.05, 3.63) is 29.8 Å². The molecule has 98 valence electrons. The van der Waals surface area contributed by atoms with Crippen molar-refractivity contribution in [2.45, 2.75) is 23.7 Å². The Labute approximate surface area is 107 Å². The molecule has 0 aromatic heterocycles. The molecule has 4 nitrogen and oxygen atoms in total. The molecule has 18 heavy (non-hydrogen) atoms. The topological polar surface area (TPSA) is 60.4 Å². The summed E-state index contributed by atoms with van der Waals surface area (Å²) in [6.45, 7) is 1.99. The molecule has 1 aliphatic carbocycles. The molecule has 0 spiro atoms. The summed E-state index contributed by atoms with van der Waals surface area (Å²) in [4.78, 5) is 12.1. The molecule has 0 aliphatic heterocycles. The summed E-state index contributed by atoms with van der Waals surface area (Å²) in [6.07, 6.45) is 1.91. The average molecular weight is 268 g/mol. The van der Waals surface area contributed by atoms with Crippen molar-refractivity contribution in [3.8, 4) is 0 Å². The standard InChI is InChI=1S/C13H16O4S/c1-9-8-13(9,12(14)17-2)10-4-6-11(7-5-10)18(3,15)16/h4-7,9H,8H2,1-3H3. The first-order valence-electron chi connectivity index (χ1n) is 5.71. The Balaban J connectivity index is 2.39. The minimum Gasteiger partial charge on any atom is -0.468 e. The third-order valence-corrected chi connectivity index (χ3v) is 4.79. The Morgan fingerprint density at radius 3 is 2.17 bits per heavy atom. The average Bonchev–Trinajstić information content (AvgIpc) is 3.00. The van der Waals surface area contributed by atoms with Crippen LogP contribution in [0.1, 0.15) is 18.9 Å². The Hall–Kier alpha value is -1.36. The van der Waals surface area contributed by atoms with Crippen LogP contribution in [-0.2, 0) is 24.8 Å². The van der Waals surface area contributed by atoms with Crippen molar-refractivity contribution < 1.29 is 17.9 Å². The fraction of sp³-hybridized carbons (Fsp3) is 0.462. The zero-order valence-electron chi connectivity index (χ0n) is 10.6. The van der Waals surface area contributed by atoms with Gasteiger partial charge >= 0.3 is 5.97 Å². The van der Waals surface area contributed by atoms with Crippen LogP contribution in [0.15, 0.2) is 29.2 Å². The zero-order chi connectivity index (χ0) is 13.6. The highest BCUT2D eigenvalue weighted by Crippen LogP contribution is 2.54. The highest BCUT2D eigenvalue weighted by atomic mass is 32.2. The van der Waals surface area contributed by atoms with E-state index >= 15 is 0 Å². The van der Waals surface area contributed by atoms with Crippen molar-refractivity contribution >= 4 is 15.8 Å². The summed E-state index contributed by atoms with van der Waals surface area (Å²) in [7, 11) is -1.83. The van der Waals surface area contributed by atoms with E-state index in [-0.39, 0.29) is 16.8 Å². The number of carbonyl (C=O) groups is 1. The molecule has 1 saturated carbocycles. The van der Waals surface area contributed by atoms with E-state index in [1.165, 1.54) is 7.11 Å². The lowest BCUT2D eigenvalue weighted by atomic mass is 9.94. The van der Waals surface area contributed by atoms with Gasteiger partial charge in [-0.3, -0.25) is 4.79 Å². The predicted octanol–water partition coefficient (Wildman–Crippen LogP) is 1.54. The van der Waals surface area contributed by atoms with Crippen LogP contribution in [0.25, 0.3) is 0 Å². The molecule has 0 saturated heterocycles. The lowest BCUT2D eigenvalue weighted by molar-refractivity contribution is -0.144. The Morgan fingerprint density at radius 1 is 1.33 bits per heavy atom. The van der Waals surface area contributed by atoms with E-state index in [4.69, 9.17) is 4.74 Å². The van der Waals surface area contributed by atoms with E-state index < -0.39 is 15.3 Å². The Morgan fingerprint density at radius 2 is 1.83 bits per heavy atom. The zero-order valence-corrected chi connectivity index (χ0v) is 11.5. The molecule has 0 amide bonds. The van der Waals surface area contributed by atoms with Gasteiger partial charge in [0.15, 0.2) is 9.84 Å². The molecule has 1 fully saturated rings. The molecular formula is C13H16O4S. The molecule has 1 aromatic rings. The van der Waals surface area contributed by atoms with Crippen molar-refractivity contribution in [2.75, 3.05) is 13.4 Å². The second kappa shape index (κ2) is 4.09. The number of rotatable bonds is 3. The van der Waals surface area contributed by atoms with Gasteiger partial charge in [-0.25, -0.2) is 8.42 Å². The summed E-state index contributed by atoms with van der Waals surface area (Å²) >= 11 is 0. The second-order valence-corrected chi connectivity index (χ2v) is 6.88. The lowest BCUT2D eigenvalue weighted by Crippen LogP contribution is -2.24. The number of sulfone groups is 1. The summed E-state index contributed by atoms with van der Waals surface area (Å²) in [5.74, 6) is -0.0175. The maximum Gasteiger partial charge on any atom is 0.316 e. The maximum absolute atomic E-state index is 11.8. The van der Waals surface area contributed by atoms with Crippen molar-refractivity contribution in [3.63, 3.8) is 0 Å². The quantitative estimate of drug-likeness (QED) is 0.780. The van der Waals surface area contributed by atoms with Gasteiger partial charge < -0.3 is 4.74 Å². The number of hydrogen-bond acceptors (Lipinski definition) is 4. The first-order chi connectivity index (χ1) is 8.32. The molecule has 1 aliphatic rings. The SMILES string of the molecule is COC(=O)C1(c2ccc(S(C)(=O)=O)cc2)CC1C. The summed E-state index contributed by atoms with van der Waals surface area (Å²) in [5, 5.41) is 0. The van der Waals surface area contributed by atoms with Gasteiger partial charge in [0.2, 0.25) is 0 Å². The highest BCUT2D eigenvalue weighted by Gasteiger charge is 2.59. The van der Waals surface area contributed by atoms with Crippen LogP contribution in [-0.4, -0.2) is 27.8 Å². The molecule has 0 radical (unpaired) electrons. The summed E-state index contributed by atoms with van der Waals surface area (Å²) < 4.78 is 27.6. The van der Waals surface area contributed by atoms with Crippen LogP contribution >= 0.6 is 0 Å². The highest BCUT2D eigenvalue weighted by molar-refractivity contribution is 7.90. The van der Waals surface area contributed by atoms with E-state index in [1.807, 2.05) is 6.92 Å². The molecule has 2 unspecified atom stereocenters.